The molecule has 0 aliphatic rings. The summed E-state index contributed by atoms with van der Waals surface area (Å²) in [6, 6.07) is 21.2. The zero-order valence-electron chi connectivity index (χ0n) is 18.7. The Morgan fingerprint density at radius 1 is 1.09 bits per heavy atom. The third-order valence-electron chi connectivity index (χ3n) is 5.61. The van der Waals surface area contributed by atoms with E-state index in [1.54, 1.807) is 40.8 Å². The normalized spacial score (nSPS) is 11.9. The number of nitrogens with one attached hydrogen (secondary N) is 1. The zero-order chi connectivity index (χ0) is 23.5. The van der Waals surface area contributed by atoms with Crippen molar-refractivity contribution in [3.8, 4) is 5.69 Å². The van der Waals surface area contributed by atoms with E-state index in [-0.39, 0.29) is 11.6 Å². The molecule has 0 bridgehead atoms. The lowest BCUT2D eigenvalue weighted by Crippen LogP contribution is -2.38. The van der Waals surface area contributed by atoms with Crippen LogP contribution in [0, 0.1) is 6.92 Å². The molecule has 0 saturated heterocycles. The van der Waals surface area contributed by atoms with Crippen molar-refractivity contribution in [2.45, 2.75) is 26.3 Å². The number of halogens is 1. The van der Waals surface area contributed by atoms with Gasteiger partial charge in [0, 0.05) is 17.8 Å². The highest BCUT2D eigenvalue weighted by molar-refractivity contribution is 6.30. The van der Waals surface area contributed by atoms with Gasteiger partial charge in [-0.2, -0.15) is 0 Å². The number of anilines is 1. The summed E-state index contributed by atoms with van der Waals surface area (Å²) >= 11 is 6.24. The second-order valence-electron chi connectivity index (χ2n) is 7.94. The molecule has 2 amide bonds. The molecular weight excluding hydrogens is 436 g/mol. The van der Waals surface area contributed by atoms with Gasteiger partial charge in [0.2, 0.25) is 0 Å². The number of aryl methyl sites for hydroxylation is 1. The zero-order valence-corrected chi connectivity index (χ0v) is 19.5. The number of hydrogen-bond donors (Lipinski definition) is 1. The van der Waals surface area contributed by atoms with E-state index >= 15 is 0 Å². The third-order valence-corrected chi connectivity index (χ3v) is 5.85. The maximum atomic E-state index is 13.6. The fourth-order valence-electron chi connectivity index (χ4n) is 3.94. The molecule has 3 aromatic carbocycles. The van der Waals surface area contributed by atoms with Crippen LogP contribution in [0.5, 0.6) is 0 Å². The Balaban J connectivity index is 1.83. The van der Waals surface area contributed by atoms with Crippen molar-refractivity contribution >= 4 is 34.2 Å². The van der Waals surface area contributed by atoms with E-state index in [0.29, 0.717) is 39.5 Å². The number of aromatic nitrogens is 2. The van der Waals surface area contributed by atoms with Gasteiger partial charge in [-0.15, -0.1) is 0 Å². The second-order valence-corrected chi connectivity index (χ2v) is 8.38. The van der Waals surface area contributed by atoms with Crippen LogP contribution in [0.15, 0.2) is 77.6 Å². The molecule has 0 aliphatic carbocycles. The van der Waals surface area contributed by atoms with Gasteiger partial charge < -0.3 is 10.2 Å². The van der Waals surface area contributed by atoms with Crippen LogP contribution in [0.2, 0.25) is 5.02 Å². The molecule has 4 aromatic rings. The number of hydrogen-bond acceptors (Lipinski definition) is 3. The highest BCUT2D eigenvalue weighted by Gasteiger charge is 2.26. The van der Waals surface area contributed by atoms with Gasteiger partial charge in [0.1, 0.15) is 5.82 Å². The Morgan fingerprint density at radius 2 is 1.85 bits per heavy atom. The number of benzene rings is 3. The van der Waals surface area contributed by atoms with Crippen LogP contribution < -0.4 is 10.9 Å². The van der Waals surface area contributed by atoms with Gasteiger partial charge in [-0.05, 0) is 61.4 Å². The van der Waals surface area contributed by atoms with Gasteiger partial charge in [-0.1, -0.05) is 48.9 Å². The lowest BCUT2D eigenvalue weighted by Gasteiger charge is -2.29. The van der Waals surface area contributed by atoms with E-state index in [9.17, 15) is 9.59 Å². The number of amides is 2. The Hall–Kier alpha value is -3.64. The van der Waals surface area contributed by atoms with E-state index < -0.39 is 6.04 Å². The first-order valence-corrected chi connectivity index (χ1v) is 11.1. The quantitative estimate of drug-likeness (QED) is 0.399. The minimum atomic E-state index is -0.453. The predicted octanol–water partition coefficient (Wildman–Crippen LogP) is 5.96. The minimum Gasteiger partial charge on any atom is -0.317 e. The van der Waals surface area contributed by atoms with Crippen molar-refractivity contribution in [1.29, 1.82) is 0 Å². The summed E-state index contributed by atoms with van der Waals surface area (Å²) in [6.07, 6.45) is 0.559. The van der Waals surface area contributed by atoms with Crippen molar-refractivity contribution in [2.75, 3.05) is 12.4 Å². The molecular formula is C26H25ClN4O2. The number of carbonyl (C=O) groups is 1. The van der Waals surface area contributed by atoms with Gasteiger partial charge in [0.25, 0.3) is 5.56 Å². The molecule has 4 rings (SSSR count). The monoisotopic (exact) mass is 460 g/mol. The van der Waals surface area contributed by atoms with Crippen LogP contribution in [-0.4, -0.2) is 27.5 Å². The average molecular weight is 461 g/mol. The largest absolute Gasteiger partial charge is 0.322 e. The molecule has 1 N–H and O–H groups in total. The molecule has 6 nitrogen and oxygen atoms in total. The smallest absolute Gasteiger partial charge is 0.317 e. The molecule has 1 unspecified atom stereocenters. The number of carbonyl (C=O) groups excluding carboxylic acids is 1. The predicted molar refractivity (Wildman–Crippen MR) is 133 cm³/mol. The lowest BCUT2D eigenvalue weighted by molar-refractivity contribution is 0.199. The van der Waals surface area contributed by atoms with Gasteiger partial charge in [-0.25, -0.2) is 9.78 Å². The van der Waals surface area contributed by atoms with Crippen molar-refractivity contribution in [2.24, 2.45) is 0 Å². The summed E-state index contributed by atoms with van der Waals surface area (Å²) in [5, 5.41) is 3.95. The summed E-state index contributed by atoms with van der Waals surface area (Å²) in [4.78, 5) is 33.1. The van der Waals surface area contributed by atoms with E-state index in [2.05, 4.69) is 5.32 Å². The first-order chi connectivity index (χ1) is 15.9. The molecule has 0 fully saturated rings. The molecule has 1 aromatic heterocycles. The topological polar surface area (TPSA) is 67.2 Å². The minimum absolute atomic E-state index is 0.205. The summed E-state index contributed by atoms with van der Waals surface area (Å²) < 4.78 is 1.55. The molecule has 7 heteroatoms. The molecule has 0 spiro atoms. The Bertz CT molecular complexity index is 1380. The fraction of sp³-hybridized carbons (Fsp3) is 0.192. The van der Waals surface area contributed by atoms with Crippen LogP contribution >= 0.6 is 11.6 Å². The molecule has 1 atom stereocenters. The van der Waals surface area contributed by atoms with Crippen LogP contribution in [0.25, 0.3) is 16.6 Å². The first kappa shape index (κ1) is 22.6. The van der Waals surface area contributed by atoms with Gasteiger partial charge in [-0.3, -0.25) is 9.36 Å². The van der Waals surface area contributed by atoms with Crippen LogP contribution in [-0.2, 0) is 0 Å². The molecule has 1 heterocycles. The van der Waals surface area contributed by atoms with E-state index in [0.717, 1.165) is 5.56 Å². The summed E-state index contributed by atoms with van der Waals surface area (Å²) in [5.74, 6) is 0.477. The summed E-state index contributed by atoms with van der Waals surface area (Å²) in [6.45, 7) is 3.93. The van der Waals surface area contributed by atoms with E-state index in [1.165, 1.54) is 0 Å². The maximum absolute atomic E-state index is 13.6. The first-order valence-electron chi connectivity index (χ1n) is 10.8. The van der Waals surface area contributed by atoms with Gasteiger partial charge in [0.05, 0.1) is 22.6 Å². The van der Waals surface area contributed by atoms with Gasteiger partial charge in [0.15, 0.2) is 0 Å². The molecule has 0 aliphatic heterocycles. The highest BCUT2D eigenvalue weighted by atomic mass is 35.5. The van der Waals surface area contributed by atoms with Crippen molar-refractivity contribution in [3.63, 3.8) is 0 Å². The Labute approximate surface area is 197 Å². The Morgan fingerprint density at radius 3 is 2.58 bits per heavy atom. The van der Waals surface area contributed by atoms with Crippen molar-refractivity contribution in [1.82, 2.24) is 14.5 Å². The maximum Gasteiger partial charge on any atom is 0.322 e. The highest BCUT2D eigenvalue weighted by Crippen LogP contribution is 2.26. The molecule has 0 saturated carbocycles. The summed E-state index contributed by atoms with van der Waals surface area (Å²) in [7, 11) is 1.71. The molecule has 33 heavy (non-hydrogen) atoms. The summed E-state index contributed by atoms with van der Waals surface area (Å²) in [5.41, 5.74) is 2.74. The molecule has 168 valence electrons. The average Bonchev–Trinajstić information content (AvgIpc) is 2.79. The molecule has 0 radical (unpaired) electrons. The van der Waals surface area contributed by atoms with Crippen LogP contribution in [0.1, 0.15) is 30.8 Å². The van der Waals surface area contributed by atoms with Crippen molar-refractivity contribution in [3.05, 3.63) is 99.6 Å². The lowest BCUT2D eigenvalue weighted by atomic mass is 10.1. The van der Waals surface area contributed by atoms with Gasteiger partial charge >= 0.3 is 6.03 Å². The van der Waals surface area contributed by atoms with E-state index in [1.807, 2.05) is 62.4 Å². The van der Waals surface area contributed by atoms with E-state index in [4.69, 9.17) is 16.6 Å². The number of para-hydroxylation sites is 1. The van der Waals surface area contributed by atoms with Crippen LogP contribution in [0.3, 0.4) is 0 Å². The number of nitrogens with zero attached hydrogens (tertiary/aromatic N) is 3. The van der Waals surface area contributed by atoms with Crippen molar-refractivity contribution < 1.29 is 4.79 Å². The number of urea groups is 1. The van der Waals surface area contributed by atoms with Crippen LogP contribution in [0.4, 0.5) is 10.5 Å². The Kier molecular flexibility index (Phi) is 6.47. The second kappa shape index (κ2) is 9.46. The third kappa shape index (κ3) is 4.61. The standard InChI is InChI=1S/C26H25ClN4O2/c1-4-23(30(3)26(33)28-19-11-7-9-17(2)15-19)24-29-22-14-6-5-13-21(22)25(32)31(24)20-12-8-10-18(27)16-20/h5-16,23H,4H2,1-3H3,(H,28,33). The SMILES string of the molecule is CCC(c1nc2ccccc2c(=O)n1-c1cccc(Cl)c1)N(C)C(=O)Nc1cccc(C)c1. The fourth-order valence-corrected chi connectivity index (χ4v) is 4.13. The number of rotatable bonds is 5. The number of fused-ring (bicyclic) bond motifs is 1.